The maximum Gasteiger partial charge on any atom is 0.269 e. The number of nitrogens with one attached hydrogen (secondary N) is 1. The maximum absolute atomic E-state index is 10.7. The van der Waals surface area contributed by atoms with Gasteiger partial charge in [-0.2, -0.15) is 0 Å². The minimum atomic E-state index is -0.418. The number of hydrogen-bond donors (Lipinski definition) is 1. The van der Waals surface area contributed by atoms with Crippen molar-refractivity contribution >= 4 is 11.5 Å². The number of aromatic nitrogens is 2. The predicted molar refractivity (Wildman–Crippen MR) is 90.9 cm³/mol. The van der Waals surface area contributed by atoms with E-state index in [1.54, 1.807) is 12.1 Å². The van der Waals surface area contributed by atoms with E-state index in [0.717, 1.165) is 49.5 Å². The van der Waals surface area contributed by atoms with E-state index in [0.29, 0.717) is 11.9 Å². The number of rotatable bonds is 6. The van der Waals surface area contributed by atoms with Crippen LogP contribution in [0.1, 0.15) is 25.0 Å². The Bertz CT molecular complexity index is 712. The predicted octanol–water partition coefficient (Wildman–Crippen LogP) is 3.34. The molecule has 1 aromatic carbocycles. The highest BCUT2D eigenvalue weighted by Gasteiger charge is 2.15. The molecule has 1 aromatic heterocycles. The Balaban J connectivity index is 1.69. The molecule has 1 saturated heterocycles. The van der Waals surface area contributed by atoms with Gasteiger partial charge in [-0.3, -0.25) is 10.1 Å². The molecule has 2 aromatic rings. The third-order valence-electron chi connectivity index (χ3n) is 3.99. The van der Waals surface area contributed by atoms with Crippen LogP contribution in [0.3, 0.4) is 0 Å². The fourth-order valence-corrected chi connectivity index (χ4v) is 2.75. The van der Waals surface area contributed by atoms with E-state index >= 15 is 0 Å². The first-order valence-corrected chi connectivity index (χ1v) is 8.08. The highest BCUT2D eigenvalue weighted by atomic mass is 16.6. The molecule has 7 nitrogen and oxygen atoms in total. The van der Waals surface area contributed by atoms with Crippen molar-refractivity contribution in [1.29, 1.82) is 0 Å². The first-order valence-electron chi connectivity index (χ1n) is 8.08. The summed E-state index contributed by atoms with van der Waals surface area (Å²) < 4.78 is 5.61. The van der Waals surface area contributed by atoms with Gasteiger partial charge in [0.2, 0.25) is 0 Å². The van der Waals surface area contributed by atoms with Crippen molar-refractivity contribution in [2.45, 2.75) is 32.3 Å². The molecule has 7 heteroatoms. The highest BCUT2D eigenvalue weighted by Crippen LogP contribution is 2.21. The van der Waals surface area contributed by atoms with Crippen LogP contribution in [0.25, 0.3) is 11.4 Å². The number of hydrogen-bond acceptors (Lipinski definition) is 6. The van der Waals surface area contributed by atoms with Crippen LogP contribution in [0, 0.1) is 17.0 Å². The molecule has 1 aliphatic heterocycles. The molecule has 0 spiro atoms. The number of benzene rings is 1. The van der Waals surface area contributed by atoms with Crippen LogP contribution < -0.4 is 5.32 Å². The summed E-state index contributed by atoms with van der Waals surface area (Å²) in [6.07, 6.45) is 3.56. The fourth-order valence-electron chi connectivity index (χ4n) is 2.75. The van der Waals surface area contributed by atoms with E-state index in [1.807, 2.05) is 13.0 Å². The van der Waals surface area contributed by atoms with Gasteiger partial charge in [0.05, 0.1) is 11.0 Å². The molecule has 126 valence electrons. The highest BCUT2D eigenvalue weighted by molar-refractivity contribution is 5.59. The third-order valence-corrected chi connectivity index (χ3v) is 3.99. The van der Waals surface area contributed by atoms with E-state index in [-0.39, 0.29) is 5.69 Å². The Morgan fingerprint density at radius 1 is 1.33 bits per heavy atom. The van der Waals surface area contributed by atoms with Gasteiger partial charge in [-0.15, -0.1) is 0 Å². The number of aryl methyl sites for hydroxylation is 1. The van der Waals surface area contributed by atoms with Crippen molar-refractivity contribution in [1.82, 2.24) is 9.97 Å². The van der Waals surface area contributed by atoms with E-state index < -0.39 is 4.92 Å². The summed E-state index contributed by atoms with van der Waals surface area (Å²) >= 11 is 0. The van der Waals surface area contributed by atoms with Crippen LogP contribution in [0.4, 0.5) is 11.5 Å². The molecule has 1 N–H and O–H groups in total. The summed E-state index contributed by atoms with van der Waals surface area (Å²) in [6, 6.07) is 8.16. The maximum atomic E-state index is 10.7. The first-order chi connectivity index (χ1) is 11.6. The van der Waals surface area contributed by atoms with Gasteiger partial charge in [0.25, 0.3) is 5.69 Å². The van der Waals surface area contributed by atoms with Gasteiger partial charge in [0, 0.05) is 42.6 Å². The molecule has 0 unspecified atom stereocenters. The van der Waals surface area contributed by atoms with Gasteiger partial charge in [-0.25, -0.2) is 9.97 Å². The van der Waals surface area contributed by atoms with Gasteiger partial charge < -0.3 is 10.1 Å². The molecule has 0 bridgehead atoms. The van der Waals surface area contributed by atoms with Crippen molar-refractivity contribution in [3.05, 3.63) is 46.1 Å². The monoisotopic (exact) mass is 328 g/mol. The van der Waals surface area contributed by atoms with Crippen molar-refractivity contribution in [3.8, 4) is 11.4 Å². The molecular weight excluding hydrogens is 308 g/mol. The lowest BCUT2D eigenvalue weighted by Crippen LogP contribution is -2.13. The molecule has 24 heavy (non-hydrogen) atoms. The topological polar surface area (TPSA) is 90.2 Å². The van der Waals surface area contributed by atoms with E-state index in [4.69, 9.17) is 4.74 Å². The number of nitro benzene ring substituents is 1. The molecule has 3 rings (SSSR count). The molecule has 1 fully saturated rings. The third kappa shape index (κ3) is 4.05. The molecule has 1 atom stereocenters. The number of anilines is 1. The Morgan fingerprint density at radius 2 is 2.12 bits per heavy atom. The van der Waals surface area contributed by atoms with E-state index in [2.05, 4.69) is 15.3 Å². The van der Waals surface area contributed by atoms with Crippen LogP contribution in [0.5, 0.6) is 0 Å². The molecule has 0 amide bonds. The van der Waals surface area contributed by atoms with Gasteiger partial charge in [-0.1, -0.05) is 0 Å². The second-order valence-corrected chi connectivity index (χ2v) is 5.87. The van der Waals surface area contributed by atoms with Crippen LogP contribution in [-0.2, 0) is 4.74 Å². The summed E-state index contributed by atoms with van der Waals surface area (Å²) in [5.41, 5.74) is 1.66. The number of nitrogens with zero attached hydrogens (tertiary/aromatic N) is 3. The lowest BCUT2D eigenvalue weighted by atomic mass is 10.2. The Morgan fingerprint density at radius 3 is 2.79 bits per heavy atom. The van der Waals surface area contributed by atoms with Crippen molar-refractivity contribution < 1.29 is 9.66 Å². The number of non-ortho nitro benzene ring substituents is 1. The van der Waals surface area contributed by atoms with Crippen LogP contribution in [0.2, 0.25) is 0 Å². The Hall–Kier alpha value is -2.54. The summed E-state index contributed by atoms with van der Waals surface area (Å²) in [4.78, 5) is 19.2. The zero-order valence-corrected chi connectivity index (χ0v) is 13.6. The standard InChI is InChI=1S/C17H20N4O3/c1-12-11-16(18-9-8-15-3-2-10-24-15)20-17(19-12)13-4-6-14(7-5-13)21(22)23/h4-7,11,15H,2-3,8-10H2,1H3,(H,18,19,20)/t15-/m0/s1. The lowest BCUT2D eigenvalue weighted by molar-refractivity contribution is -0.384. The lowest BCUT2D eigenvalue weighted by Gasteiger charge is -2.11. The van der Waals surface area contributed by atoms with Gasteiger partial charge in [-0.05, 0) is 38.3 Å². The molecule has 0 saturated carbocycles. The fraction of sp³-hybridized carbons (Fsp3) is 0.412. The second kappa shape index (κ2) is 7.35. The smallest absolute Gasteiger partial charge is 0.269 e. The molecular formula is C17H20N4O3. The molecule has 1 aliphatic rings. The van der Waals surface area contributed by atoms with Crippen LogP contribution in [-0.4, -0.2) is 34.1 Å². The van der Waals surface area contributed by atoms with Crippen molar-refractivity contribution in [2.75, 3.05) is 18.5 Å². The number of nitro groups is 1. The second-order valence-electron chi connectivity index (χ2n) is 5.87. The average molecular weight is 328 g/mol. The van der Waals surface area contributed by atoms with E-state index in [9.17, 15) is 10.1 Å². The SMILES string of the molecule is Cc1cc(NCC[C@@H]2CCCO2)nc(-c2ccc([N+](=O)[O-])cc2)n1. The van der Waals surface area contributed by atoms with Crippen molar-refractivity contribution in [3.63, 3.8) is 0 Å². The van der Waals surface area contributed by atoms with Gasteiger partial charge >= 0.3 is 0 Å². The summed E-state index contributed by atoms with van der Waals surface area (Å²) in [6.45, 7) is 3.56. The summed E-state index contributed by atoms with van der Waals surface area (Å²) in [7, 11) is 0. The normalized spacial score (nSPS) is 17.0. The zero-order valence-electron chi connectivity index (χ0n) is 13.6. The first kappa shape index (κ1) is 16.3. The van der Waals surface area contributed by atoms with Gasteiger partial charge in [0.15, 0.2) is 5.82 Å². The van der Waals surface area contributed by atoms with Crippen LogP contribution in [0.15, 0.2) is 30.3 Å². The molecule has 0 aliphatic carbocycles. The summed E-state index contributed by atoms with van der Waals surface area (Å²) in [5, 5.41) is 14.1. The zero-order chi connectivity index (χ0) is 16.9. The number of ether oxygens (including phenoxy) is 1. The minimum absolute atomic E-state index is 0.0568. The van der Waals surface area contributed by atoms with E-state index in [1.165, 1.54) is 12.1 Å². The quantitative estimate of drug-likeness (QED) is 0.646. The average Bonchev–Trinajstić information content (AvgIpc) is 3.08. The van der Waals surface area contributed by atoms with Gasteiger partial charge in [0.1, 0.15) is 5.82 Å². The Kier molecular flexibility index (Phi) is 5.00. The molecule has 0 radical (unpaired) electrons. The summed E-state index contributed by atoms with van der Waals surface area (Å²) in [5.74, 6) is 1.32. The Labute approximate surface area is 140 Å². The minimum Gasteiger partial charge on any atom is -0.378 e. The van der Waals surface area contributed by atoms with Crippen molar-refractivity contribution in [2.24, 2.45) is 0 Å². The molecule has 2 heterocycles. The van der Waals surface area contributed by atoms with Crippen LogP contribution >= 0.6 is 0 Å². The largest absolute Gasteiger partial charge is 0.378 e.